The fraction of sp³-hybridized carbons (Fsp3) is 0.278. The first-order chi connectivity index (χ1) is 11.2. The van der Waals surface area contributed by atoms with E-state index in [2.05, 4.69) is 10.3 Å². The lowest BCUT2D eigenvalue weighted by Gasteiger charge is -2.17. The van der Waals surface area contributed by atoms with Crippen LogP contribution in [-0.4, -0.2) is 34.8 Å². The van der Waals surface area contributed by atoms with Gasteiger partial charge in [0.25, 0.3) is 5.91 Å². The van der Waals surface area contributed by atoms with E-state index in [1.54, 1.807) is 18.3 Å². The minimum atomic E-state index is -0.146. The van der Waals surface area contributed by atoms with Crippen LogP contribution in [0, 0.1) is 5.92 Å². The second-order valence-corrected chi connectivity index (χ2v) is 5.78. The second-order valence-electron chi connectivity index (χ2n) is 5.78. The summed E-state index contributed by atoms with van der Waals surface area (Å²) in [5.74, 6) is 0.161. The number of aromatic nitrogens is 1. The monoisotopic (exact) mass is 309 g/mol. The Kier molecular flexibility index (Phi) is 4.66. The summed E-state index contributed by atoms with van der Waals surface area (Å²) < 4.78 is 0. The first-order valence-corrected chi connectivity index (χ1v) is 7.72. The predicted molar refractivity (Wildman–Crippen MR) is 86.5 cm³/mol. The Bertz CT molecular complexity index is 673. The van der Waals surface area contributed by atoms with E-state index in [1.165, 1.54) is 6.20 Å². The van der Waals surface area contributed by atoms with Crippen LogP contribution in [0.1, 0.15) is 22.3 Å². The second kappa shape index (κ2) is 7.05. The van der Waals surface area contributed by atoms with Crippen molar-refractivity contribution >= 4 is 11.8 Å². The Labute approximate surface area is 135 Å². The summed E-state index contributed by atoms with van der Waals surface area (Å²) >= 11 is 0. The number of nitrogens with zero attached hydrogens (tertiary/aromatic N) is 2. The highest BCUT2D eigenvalue weighted by molar-refractivity contribution is 5.93. The maximum absolute atomic E-state index is 12.1. The fourth-order valence-corrected chi connectivity index (χ4v) is 2.78. The van der Waals surface area contributed by atoms with Gasteiger partial charge in [-0.05, 0) is 17.7 Å². The minimum Gasteiger partial charge on any atom is -0.352 e. The van der Waals surface area contributed by atoms with E-state index in [0.717, 1.165) is 5.56 Å². The molecule has 0 aliphatic carbocycles. The third-order valence-electron chi connectivity index (χ3n) is 3.99. The van der Waals surface area contributed by atoms with Gasteiger partial charge >= 0.3 is 0 Å². The molecule has 1 aromatic carbocycles. The molecule has 5 heteroatoms. The van der Waals surface area contributed by atoms with E-state index >= 15 is 0 Å². The van der Waals surface area contributed by atoms with Crippen molar-refractivity contribution in [3.05, 3.63) is 66.0 Å². The van der Waals surface area contributed by atoms with Gasteiger partial charge in [0.05, 0.1) is 5.56 Å². The number of rotatable bonds is 5. The van der Waals surface area contributed by atoms with Gasteiger partial charge in [0.2, 0.25) is 5.91 Å². The highest BCUT2D eigenvalue weighted by Gasteiger charge is 2.29. The summed E-state index contributed by atoms with van der Waals surface area (Å²) in [6.07, 6.45) is 3.66. The summed E-state index contributed by atoms with van der Waals surface area (Å²) in [5, 5.41) is 2.89. The van der Waals surface area contributed by atoms with Crippen molar-refractivity contribution in [1.82, 2.24) is 15.2 Å². The van der Waals surface area contributed by atoms with E-state index in [0.29, 0.717) is 31.6 Å². The highest BCUT2D eigenvalue weighted by Crippen LogP contribution is 2.19. The molecule has 1 aliphatic heterocycles. The average molecular weight is 309 g/mol. The Morgan fingerprint density at radius 3 is 2.78 bits per heavy atom. The van der Waals surface area contributed by atoms with Gasteiger partial charge in [0, 0.05) is 44.4 Å². The first-order valence-electron chi connectivity index (χ1n) is 7.72. The lowest BCUT2D eigenvalue weighted by Crippen LogP contribution is -2.31. The Morgan fingerprint density at radius 1 is 1.22 bits per heavy atom. The van der Waals surface area contributed by atoms with Crippen LogP contribution in [0.3, 0.4) is 0 Å². The molecule has 5 nitrogen and oxygen atoms in total. The van der Waals surface area contributed by atoms with Gasteiger partial charge in [-0.15, -0.1) is 0 Å². The van der Waals surface area contributed by atoms with Gasteiger partial charge in [-0.25, -0.2) is 0 Å². The van der Waals surface area contributed by atoms with Gasteiger partial charge in [-0.2, -0.15) is 0 Å². The van der Waals surface area contributed by atoms with Crippen molar-refractivity contribution in [3.63, 3.8) is 0 Å². The number of hydrogen-bond acceptors (Lipinski definition) is 3. The van der Waals surface area contributed by atoms with E-state index < -0.39 is 0 Å². The fourth-order valence-electron chi connectivity index (χ4n) is 2.78. The van der Waals surface area contributed by atoms with Crippen LogP contribution >= 0.6 is 0 Å². The average Bonchev–Trinajstić information content (AvgIpc) is 2.94. The smallest absolute Gasteiger partial charge is 0.252 e. The maximum atomic E-state index is 12.1. The molecule has 0 spiro atoms. The number of hydrogen-bond donors (Lipinski definition) is 1. The number of carbonyl (C=O) groups is 2. The van der Waals surface area contributed by atoms with Gasteiger partial charge < -0.3 is 10.2 Å². The van der Waals surface area contributed by atoms with Crippen molar-refractivity contribution in [2.45, 2.75) is 13.0 Å². The van der Waals surface area contributed by atoms with Crippen molar-refractivity contribution in [2.24, 2.45) is 5.92 Å². The normalized spacial score (nSPS) is 17.3. The number of pyridine rings is 1. The molecule has 1 aromatic heterocycles. The molecule has 2 aromatic rings. The van der Waals surface area contributed by atoms with Crippen molar-refractivity contribution in [1.29, 1.82) is 0 Å². The zero-order valence-corrected chi connectivity index (χ0v) is 12.8. The van der Waals surface area contributed by atoms with Crippen LogP contribution in [-0.2, 0) is 11.3 Å². The SMILES string of the molecule is O=C(NCC1CC(=O)N(Cc2ccccc2)C1)c1cccnc1. The molecular formula is C18H19N3O2. The molecular weight excluding hydrogens is 290 g/mol. The van der Waals surface area contributed by atoms with Gasteiger partial charge in [0.1, 0.15) is 0 Å². The Balaban J connectivity index is 1.51. The third kappa shape index (κ3) is 3.94. The Morgan fingerprint density at radius 2 is 2.04 bits per heavy atom. The van der Waals surface area contributed by atoms with E-state index in [4.69, 9.17) is 0 Å². The summed E-state index contributed by atoms with van der Waals surface area (Å²) in [6.45, 7) is 1.82. The number of amides is 2. The highest BCUT2D eigenvalue weighted by atomic mass is 16.2. The standard InChI is InChI=1S/C18H19N3O2/c22-17-9-15(10-20-18(23)16-7-4-8-19-11-16)13-21(17)12-14-5-2-1-3-6-14/h1-8,11,15H,9-10,12-13H2,(H,20,23). The number of carbonyl (C=O) groups excluding carboxylic acids is 2. The molecule has 1 unspecified atom stereocenters. The van der Waals surface area contributed by atoms with E-state index in [-0.39, 0.29) is 17.7 Å². The molecule has 0 saturated carbocycles. The third-order valence-corrected chi connectivity index (χ3v) is 3.99. The molecule has 2 heterocycles. The summed E-state index contributed by atoms with van der Waals surface area (Å²) in [6, 6.07) is 13.4. The summed E-state index contributed by atoms with van der Waals surface area (Å²) in [7, 11) is 0. The predicted octanol–water partition coefficient (Wildman–Crippen LogP) is 1.86. The van der Waals surface area contributed by atoms with Crippen LogP contribution < -0.4 is 5.32 Å². The van der Waals surface area contributed by atoms with Crippen LogP contribution in [0.5, 0.6) is 0 Å². The molecule has 0 radical (unpaired) electrons. The molecule has 1 fully saturated rings. The number of likely N-dealkylation sites (tertiary alicyclic amines) is 1. The topological polar surface area (TPSA) is 62.3 Å². The van der Waals surface area contributed by atoms with E-state index in [9.17, 15) is 9.59 Å². The van der Waals surface area contributed by atoms with E-state index in [1.807, 2.05) is 35.2 Å². The van der Waals surface area contributed by atoms with Crippen molar-refractivity contribution in [3.8, 4) is 0 Å². The van der Waals surface area contributed by atoms with Crippen LogP contribution in [0.15, 0.2) is 54.9 Å². The van der Waals surface area contributed by atoms with Crippen LogP contribution in [0.25, 0.3) is 0 Å². The summed E-state index contributed by atoms with van der Waals surface area (Å²) in [5.41, 5.74) is 1.67. The lowest BCUT2D eigenvalue weighted by molar-refractivity contribution is -0.128. The summed E-state index contributed by atoms with van der Waals surface area (Å²) in [4.78, 5) is 29.9. The van der Waals surface area contributed by atoms with Crippen molar-refractivity contribution in [2.75, 3.05) is 13.1 Å². The maximum Gasteiger partial charge on any atom is 0.252 e. The van der Waals surface area contributed by atoms with Crippen LogP contribution in [0.2, 0.25) is 0 Å². The molecule has 118 valence electrons. The molecule has 23 heavy (non-hydrogen) atoms. The van der Waals surface area contributed by atoms with Crippen LogP contribution in [0.4, 0.5) is 0 Å². The Hall–Kier alpha value is -2.69. The first kappa shape index (κ1) is 15.2. The van der Waals surface area contributed by atoms with Gasteiger partial charge in [-0.1, -0.05) is 30.3 Å². The zero-order chi connectivity index (χ0) is 16.1. The number of nitrogens with one attached hydrogen (secondary N) is 1. The van der Waals surface area contributed by atoms with Gasteiger partial charge in [-0.3, -0.25) is 14.6 Å². The van der Waals surface area contributed by atoms with Crippen molar-refractivity contribution < 1.29 is 9.59 Å². The molecule has 1 atom stereocenters. The lowest BCUT2D eigenvalue weighted by atomic mass is 10.1. The molecule has 1 aliphatic rings. The molecule has 2 amide bonds. The molecule has 1 N–H and O–H groups in total. The molecule has 3 rings (SSSR count). The molecule has 1 saturated heterocycles. The quantitative estimate of drug-likeness (QED) is 0.917. The zero-order valence-electron chi connectivity index (χ0n) is 12.8. The minimum absolute atomic E-state index is 0.146. The molecule has 0 bridgehead atoms. The number of benzene rings is 1. The van der Waals surface area contributed by atoms with Gasteiger partial charge in [0.15, 0.2) is 0 Å². The largest absolute Gasteiger partial charge is 0.352 e.